The van der Waals surface area contributed by atoms with Crippen LogP contribution in [0.25, 0.3) is 10.9 Å². The molecule has 27 heavy (non-hydrogen) atoms. The molecule has 1 aromatic carbocycles. The van der Waals surface area contributed by atoms with Crippen LogP contribution in [0.3, 0.4) is 0 Å². The summed E-state index contributed by atoms with van der Waals surface area (Å²) in [6.45, 7) is -1.70. The molecule has 144 valence electrons. The molecule has 1 saturated heterocycles. The van der Waals surface area contributed by atoms with Crippen LogP contribution in [0.15, 0.2) is 24.4 Å². The maximum Gasteiger partial charge on any atom is 0.321 e. The quantitative estimate of drug-likeness (QED) is 0.706. The first-order chi connectivity index (χ1) is 12.9. The molecule has 9 heteroatoms. The van der Waals surface area contributed by atoms with Crippen molar-refractivity contribution in [1.29, 1.82) is 5.26 Å². The Labute approximate surface area is 163 Å². The van der Waals surface area contributed by atoms with Crippen molar-refractivity contribution in [2.24, 2.45) is 5.92 Å². The van der Waals surface area contributed by atoms with E-state index in [2.05, 4.69) is 27.8 Å². The predicted octanol–water partition coefficient (Wildman–Crippen LogP) is 2.95. The van der Waals surface area contributed by atoms with Gasteiger partial charge in [-0.1, -0.05) is 12.1 Å². The molecule has 0 spiro atoms. The highest BCUT2D eigenvalue weighted by atomic mass is 32.5. The van der Waals surface area contributed by atoms with E-state index in [4.69, 9.17) is 19.0 Å². The maximum atomic E-state index is 9.56. The Balaban J connectivity index is 1.77. The van der Waals surface area contributed by atoms with Gasteiger partial charge in [0.15, 0.2) is 0 Å². The van der Waals surface area contributed by atoms with Gasteiger partial charge in [-0.25, -0.2) is 0 Å². The molecule has 2 N–H and O–H groups in total. The fourth-order valence-electron chi connectivity index (χ4n) is 3.55. The number of ether oxygens (including phenoxy) is 1. The molecular weight excluding hydrogens is 385 g/mol. The van der Waals surface area contributed by atoms with Gasteiger partial charge in [-0.05, 0) is 43.1 Å². The van der Waals surface area contributed by atoms with Crippen LogP contribution in [0.5, 0.6) is 5.75 Å². The van der Waals surface area contributed by atoms with Gasteiger partial charge in [0.2, 0.25) is 0 Å². The first kappa shape index (κ1) is 20.0. The number of piperidine rings is 1. The molecule has 0 radical (unpaired) electrons. The molecule has 7 nitrogen and oxygen atoms in total. The molecule has 0 atom stereocenters. The van der Waals surface area contributed by atoms with Gasteiger partial charge >= 0.3 is 6.72 Å². The Hall–Kier alpha value is -1.75. The maximum absolute atomic E-state index is 9.56. The molecule has 0 aliphatic carbocycles. The smallest absolute Gasteiger partial charge is 0.321 e. The van der Waals surface area contributed by atoms with Crippen molar-refractivity contribution in [2.45, 2.75) is 19.3 Å². The number of benzene rings is 1. The standard InChI is InChI=1S/C18H22N3O4PS/c1-24-16-4-2-3-15-17(16)20-12-14(11-19)18(15)21-8-5-13(6-9-21)7-10-25-26(22,23)27/h2-4,12-13H,5-10H2,1H3,(H2,22,23,27). The average molecular weight is 407 g/mol. The normalized spacial score (nSPS) is 15.7. The van der Waals surface area contributed by atoms with Crippen molar-refractivity contribution in [3.8, 4) is 11.8 Å². The van der Waals surface area contributed by atoms with E-state index in [1.54, 1.807) is 13.3 Å². The largest absolute Gasteiger partial charge is 0.494 e. The third-order valence-electron chi connectivity index (χ3n) is 4.89. The number of anilines is 1. The van der Waals surface area contributed by atoms with Gasteiger partial charge in [0.05, 0.1) is 25.0 Å². The monoisotopic (exact) mass is 407 g/mol. The number of para-hydroxylation sites is 1. The summed E-state index contributed by atoms with van der Waals surface area (Å²) in [5, 5.41) is 10.5. The van der Waals surface area contributed by atoms with Crippen LogP contribution < -0.4 is 9.64 Å². The highest BCUT2D eigenvalue weighted by Gasteiger charge is 2.24. The lowest BCUT2D eigenvalue weighted by atomic mass is 9.93. The molecule has 0 unspecified atom stereocenters. The van der Waals surface area contributed by atoms with Gasteiger partial charge in [-0.15, -0.1) is 0 Å². The van der Waals surface area contributed by atoms with Crippen molar-refractivity contribution in [2.75, 3.05) is 31.7 Å². The van der Waals surface area contributed by atoms with E-state index in [-0.39, 0.29) is 6.61 Å². The summed E-state index contributed by atoms with van der Waals surface area (Å²) in [5.41, 5.74) is 2.21. The summed E-state index contributed by atoms with van der Waals surface area (Å²) in [4.78, 5) is 24.9. The van der Waals surface area contributed by atoms with Crippen LogP contribution in [0, 0.1) is 17.2 Å². The number of fused-ring (bicyclic) bond motifs is 1. The molecule has 1 aromatic heterocycles. The molecule has 2 heterocycles. The fourth-order valence-corrected chi connectivity index (χ4v) is 4.12. The van der Waals surface area contributed by atoms with Gasteiger partial charge in [-0.3, -0.25) is 4.98 Å². The molecular formula is C18H22N3O4PS. The highest BCUT2D eigenvalue weighted by molar-refractivity contribution is 8.06. The molecule has 1 aliphatic heterocycles. The first-order valence-electron chi connectivity index (χ1n) is 8.74. The number of rotatable bonds is 6. The molecule has 0 saturated carbocycles. The minimum Gasteiger partial charge on any atom is -0.494 e. The summed E-state index contributed by atoms with van der Waals surface area (Å²) >= 11 is 4.47. The van der Waals surface area contributed by atoms with E-state index in [0.29, 0.717) is 17.2 Å². The number of nitrogens with zero attached hydrogens (tertiary/aromatic N) is 3. The summed E-state index contributed by atoms with van der Waals surface area (Å²) in [5.74, 6) is 1.12. The van der Waals surface area contributed by atoms with Crippen molar-refractivity contribution in [3.63, 3.8) is 0 Å². The summed E-state index contributed by atoms with van der Waals surface area (Å²) in [7, 11) is 1.61. The third-order valence-corrected chi connectivity index (χ3v) is 5.72. The number of methoxy groups -OCH3 is 1. The topological polar surface area (TPSA) is 98.8 Å². The van der Waals surface area contributed by atoms with Crippen molar-refractivity contribution in [3.05, 3.63) is 30.0 Å². The summed E-state index contributed by atoms with van der Waals surface area (Å²) in [6, 6.07) is 8.00. The van der Waals surface area contributed by atoms with E-state index >= 15 is 0 Å². The van der Waals surface area contributed by atoms with Gasteiger partial charge in [-0.2, -0.15) is 5.26 Å². The van der Waals surface area contributed by atoms with E-state index < -0.39 is 6.72 Å². The summed E-state index contributed by atoms with van der Waals surface area (Å²) < 4.78 is 10.3. The number of hydrogen-bond donors (Lipinski definition) is 2. The SMILES string of the molecule is COc1cccc2c(N3CCC(CCOP(O)(O)=S)CC3)c(C#N)cnc12. The number of pyridine rings is 1. The second-order valence-electron chi connectivity index (χ2n) is 6.53. The zero-order chi connectivity index (χ0) is 19.4. The fraction of sp³-hybridized carbons (Fsp3) is 0.444. The zero-order valence-electron chi connectivity index (χ0n) is 15.0. The lowest BCUT2D eigenvalue weighted by Gasteiger charge is -2.34. The number of nitriles is 1. The van der Waals surface area contributed by atoms with Crippen molar-refractivity contribution < 1.29 is 19.0 Å². The van der Waals surface area contributed by atoms with Gasteiger partial charge in [0.25, 0.3) is 0 Å². The van der Waals surface area contributed by atoms with E-state index in [9.17, 15) is 5.26 Å². The van der Waals surface area contributed by atoms with E-state index in [1.165, 1.54) is 0 Å². The Morgan fingerprint density at radius 1 is 1.37 bits per heavy atom. The predicted molar refractivity (Wildman–Crippen MR) is 107 cm³/mol. The van der Waals surface area contributed by atoms with Crippen LogP contribution >= 0.6 is 6.72 Å². The molecule has 2 aromatic rings. The van der Waals surface area contributed by atoms with Gasteiger partial charge < -0.3 is 23.9 Å². The third kappa shape index (κ3) is 4.75. The van der Waals surface area contributed by atoms with Crippen molar-refractivity contribution in [1.82, 2.24) is 4.98 Å². The van der Waals surface area contributed by atoms with Crippen LogP contribution in [-0.4, -0.2) is 41.6 Å². The lowest BCUT2D eigenvalue weighted by molar-refractivity contribution is 0.221. The molecule has 0 bridgehead atoms. The Morgan fingerprint density at radius 3 is 2.74 bits per heavy atom. The molecule has 1 aliphatic rings. The highest BCUT2D eigenvalue weighted by Crippen LogP contribution is 2.38. The second-order valence-corrected chi connectivity index (χ2v) is 9.20. The summed E-state index contributed by atoms with van der Waals surface area (Å²) in [6.07, 6.45) is 4.21. The minimum atomic E-state index is -3.57. The number of aromatic nitrogens is 1. The Morgan fingerprint density at radius 2 is 2.11 bits per heavy atom. The molecule has 1 fully saturated rings. The van der Waals surface area contributed by atoms with Gasteiger partial charge in [0.1, 0.15) is 17.3 Å². The first-order valence-corrected chi connectivity index (χ1v) is 11.4. The Kier molecular flexibility index (Phi) is 6.30. The second kappa shape index (κ2) is 8.51. The van der Waals surface area contributed by atoms with Crippen LogP contribution in [-0.2, 0) is 16.3 Å². The van der Waals surface area contributed by atoms with E-state index in [0.717, 1.165) is 48.9 Å². The lowest BCUT2D eigenvalue weighted by Crippen LogP contribution is -2.34. The zero-order valence-corrected chi connectivity index (χ0v) is 16.7. The molecule has 3 rings (SSSR count). The number of hydrogen-bond acceptors (Lipinski definition) is 6. The van der Waals surface area contributed by atoms with Crippen LogP contribution in [0.4, 0.5) is 5.69 Å². The van der Waals surface area contributed by atoms with Gasteiger partial charge in [0, 0.05) is 24.7 Å². The Bertz CT molecular complexity index is 903. The molecule has 0 amide bonds. The van der Waals surface area contributed by atoms with Crippen LogP contribution in [0.1, 0.15) is 24.8 Å². The van der Waals surface area contributed by atoms with E-state index in [1.807, 2.05) is 18.2 Å². The average Bonchev–Trinajstić information content (AvgIpc) is 2.66. The van der Waals surface area contributed by atoms with Crippen LogP contribution in [0.2, 0.25) is 0 Å². The van der Waals surface area contributed by atoms with Crippen molar-refractivity contribution >= 4 is 35.1 Å². The minimum absolute atomic E-state index is 0.258.